The lowest BCUT2D eigenvalue weighted by Gasteiger charge is -2.37. The van der Waals surface area contributed by atoms with E-state index in [1.54, 1.807) is 0 Å². The van der Waals surface area contributed by atoms with E-state index in [1.807, 2.05) is 0 Å². The van der Waals surface area contributed by atoms with E-state index in [9.17, 15) is 15.3 Å². The second-order valence-corrected chi connectivity index (χ2v) is 9.09. The van der Waals surface area contributed by atoms with E-state index in [0.29, 0.717) is 6.61 Å². The van der Waals surface area contributed by atoms with Crippen LogP contribution in [0.1, 0.15) is 110 Å². The van der Waals surface area contributed by atoms with Crippen LogP contribution in [0.5, 0.6) is 0 Å². The van der Waals surface area contributed by atoms with Gasteiger partial charge in [-0.05, 0) is 25.7 Å². The summed E-state index contributed by atoms with van der Waals surface area (Å²) in [5.41, 5.74) is 0. The molecule has 184 valence electrons. The summed E-state index contributed by atoms with van der Waals surface area (Å²) in [4.78, 5) is 0. The Labute approximate surface area is 191 Å². The van der Waals surface area contributed by atoms with E-state index < -0.39 is 24.4 Å². The van der Waals surface area contributed by atoms with Gasteiger partial charge in [-0.3, -0.25) is 0 Å². The molecule has 31 heavy (non-hydrogen) atoms. The molecule has 1 rings (SSSR count). The average molecular weight is 443 g/mol. The van der Waals surface area contributed by atoms with Gasteiger partial charge in [0.05, 0.1) is 13.2 Å². The molecule has 0 aromatic heterocycles. The second-order valence-electron chi connectivity index (χ2n) is 9.09. The van der Waals surface area contributed by atoms with Gasteiger partial charge in [0, 0.05) is 6.61 Å². The predicted octanol–water partition coefficient (Wildman–Crippen LogP) is 5.30. The molecular weight excluding hydrogens is 392 g/mol. The third-order valence-electron chi connectivity index (χ3n) is 6.21. The smallest absolute Gasteiger partial charge is 0.114 e. The summed E-state index contributed by atoms with van der Waals surface area (Å²) in [5.74, 6) is 0. The van der Waals surface area contributed by atoms with Crippen molar-refractivity contribution < 1.29 is 24.8 Å². The summed E-state index contributed by atoms with van der Waals surface area (Å²) in [6, 6.07) is 0. The van der Waals surface area contributed by atoms with Crippen molar-refractivity contribution in [3.05, 3.63) is 12.2 Å². The van der Waals surface area contributed by atoms with Gasteiger partial charge in [0.25, 0.3) is 0 Å². The van der Waals surface area contributed by atoms with Gasteiger partial charge in [-0.15, -0.1) is 0 Å². The molecule has 1 aliphatic heterocycles. The topological polar surface area (TPSA) is 79.2 Å². The van der Waals surface area contributed by atoms with Crippen molar-refractivity contribution in [3.8, 4) is 0 Å². The summed E-state index contributed by atoms with van der Waals surface area (Å²) in [7, 11) is 0. The molecule has 0 saturated carbocycles. The van der Waals surface area contributed by atoms with Crippen LogP contribution in [0.2, 0.25) is 0 Å². The fraction of sp³-hybridized carbons (Fsp3) is 0.923. The highest BCUT2D eigenvalue weighted by molar-refractivity contribution is 4.87. The number of ether oxygens (including phenoxy) is 2. The van der Waals surface area contributed by atoms with E-state index in [4.69, 9.17) is 9.47 Å². The number of aliphatic hydroxyl groups is 3. The van der Waals surface area contributed by atoms with Crippen molar-refractivity contribution in [1.82, 2.24) is 0 Å². The maximum atomic E-state index is 10.0. The van der Waals surface area contributed by atoms with Gasteiger partial charge in [0.15, 0.2) is 0 Å². The van der Waals surface area contributed by atoms with Crippen LogP contribution in [0.3, 0.4) is 0 Å². The van der Waals surface area contributed by atoms with E-state index in [-0.39, 0.29) is 13.2 Å². The lowest BCUT2D eigenvalue weighted by atomic mass is 10.0. The minimum atomic E-state index is -0.987. The highest BCUT2D eigenvalue weighted by Gasteiger charge is 2.39. The highest BCUT2D eigenvalue weighted by Crippen LogP contribution is 2.19. The Hall–Kier alpha value is -0.460. The first-order chi connectivity index (χ1) is 15.2. The average Bonchev–Trinajstić information content (AvgIpc) is 2.78. The van der Waals surface area contributed by atoms with Gasteiger partial charge >= 0.3 is 0 Å². The number of rotatable bonds is 20. The molecule has 0 aromatic rings. The maximum Gasteiger partial charge on any atom is 0.114 e. The maximum absolute atomic E-state index is 10.0. The molecule has 0 unspecified atom stereocenters. The Balaban J connectivity index is 1.82. The first kappa shape index (κ1) is 28.6. The van der Waals surface area contributed by atoms with Crippen LogP contribution in [0.15, 0.2) is 12.2 Å². The molecule has 3 N–H and O–H groups in total. The molecule has 5 heteroatoms. The Bertz CT molecular complexity index is 413. The summed E-state index contributed by atoms with van der Waals surface area (Å²) >= 11 is 0. The normalized spacial score (nSPS) is 24.3. The van der Waals surface area contributed by atoms with Gasteiger partial charge in [-0.25, -0.2) is 0 Å². The Morgan fingerprint density at radius 3 is 1.84 bits per heavy atom. The van der Waals surface area contributed by atoms with Crippen molar-refractivity contribution in [3.63, 3.8) is 0 Å². The number of hydrogen-bond donors (Lipinski definition) is 3. The van der Waals surface area contributed by atoms with Crippen molar-refractivity contribution in [2.45, 2.75) is 134 Å². The molecule has 1 fully saturated rings. The molecule has 1 saturated heterocycles. The fourth-order valence-corrected chi connectivity index (χ4v) is 4.15. The minimum Gasteiger partial charge on any atom is -0.394 e. The van der Waals surface area contributed by atoms with Crippen molar-refractivity contribution in [2.24, 2.45) is 0 Å². The monoisotopic (exact) mass is 442 g/mol. The van der Waals surface area contributed by atoms with Crippen LogP contribution < -0.4 is 0 Å². The van der Waals surface area contributed by atoms with Gasteiger partial charge in [-0.2, -0.15) is 0 Å². The van der Waals surface area contributed by atoms with Gasteiger partial charge in [0.1, 0.15) is 24.4 Å². The minimum absolute atomic E-state index is 0.0449. The molecular formula is C26H50O5. The van der Waals surface area contributed by atoms with E-state index in [0.717, 1.165) is 12.8 Å². The Kier molecular flexibility index (Phi) is 18.6. The standard InChI is InChI=1S/C26H50O5/c1-2-3-4-5-6-7-8-9-10-11-12-13-14-15-16-17-18-19-20-30-26-24(21-27)31-22-23(28)25(26)29/h4-5,23-29H,2-3,6-22H2,1H3/b5-4+/t23-,24+,25+,26+/m0/s1. The van der Waals surface area contributed by atoms with Crippen molar-refractivity contribution >= 4 is 0 Å². The van der Waals surface area contributed by atoms with Gasteiger partial charge < -0.3 is 24.8 Å². The zero-order valence-electron chi connectivity index (χ0n) is 20.1. The van der Waals surface area contributed by atoms with Crippen molar-refractivity contribution in [1.29, 1.82) is 0 Å². The van der Waals surface area contributed by atoms with Crippen LogP contribution in [0, 0.1) is 0 Å². The van der Waals surface area contributed by atoms with Gasteiger partial charge in [-0.1, -0.05) is 96.1 Å². The number of hydrogen-bond acceptors (Lipinski definition) is 5. The molecule has 0 aliphatic carbocycles. The van der Waals surface area contributed by atoms with Gasteiger partial charge in [0.2, 0.25) is 0 Å². The predicted molar refractivity (Wildman–Crippen MR) is 127 cm³/mol. The molecule has 0 amide bonds. The zero-order valence-corrected chi connectivity index (χ0v) is 20.1. The van der Waals surface area contributed by atoms with Crippen LogP contribution in [-0.4, -0.2) is 59.6 Å². The number of allylic oxidation sites excluding steroid dienone is 2. The van der Waals surface area contributed by atoms with Crippen LogP contribution >= 0.6 is 0 Å². The molecule has 0 spiro atoms. The quantitative estimate of drug-likeness (QED) is 0.176. The number of unbranched alkanes of at least 4 members (excludes halogenated alkanes) is 14. The molecule has 0 radical (unpaired) electrons. The third-order valence-corrected chi connectivity index (χ3v) is 6.21. The highest BCUT2D eigenvalue weighted by atomic mass is 16.6. The Morgan fingerprint density at radius 2 is 1.29 bits per heavy atom. The molecule has 1 heterocycles. The summed E-state index contributed by atoms with van der Waals surface area (Å²) in [6.07, 6.45) is 22.2. The van der Waals surface area contributed by atoms with Crippen LogP contribution in [0.25, 0.3) is 0 Å². The largest absolute Gasteiger partial charge is 0.394 e. The summed E-state index contributed by atoms with van der Waals surface area (Å²) < 4.78 is 11.0. The van der Waals surface area contributed by atoms with E-state index >= 15 is 0 Å². The number of aliphatic hydroxyl groups excluding tert-OH is 3. The van der Waals surface area contributed by atoms with Crippen LogP contribution in [-0.2, 0) is 9.47 Å². The van der Waals surface area contributed by atoms with E-state index in [1.165, 1.54) is 89.9 Å². The summed E-state index contributed by atoms with van der Waals surface area (Å²) in [6.45, 7) is 2.60. The first-order valence-corrected chi connectivity index (χ1v) is 13.1. The molecule has 5 nitrogen and oxygen atoms in total. The van der Waals surface area contributed by atoms with E-state index in [2.05, 4.69) is 19.1 Å². The Morgan fingerprint density at radius 1 is 0.774 bits per heavy atom. The van der Waals surface area contributed by atoms with Crippen molar-refractivity contribution in [2.75, 3.05) is 19.8 Å². The SMILES string of the molecule is CCC/C=C/CCCCCCCCCCCCCCCO[C@H]1[C@H](O)[C@@H](O)CO[C@@H]1CO. The molecule has 4 atom stereocenters. The first-order valence-electron chi connectivity index (χ1n) is 13.1. The third kappa shape index (κ3) is 14.3. The molecule has 0 bridgehead atoms. The zero-order chi connectivity index (χ0) is 22.6. The second kappa shape index (κ2) is 20.2. The lowest BCUT2D eigenvalue weighted by Crippen LogP contribution is -2.55. The fourth-order valence-electron chi connectivity index (χ4n) is 4.15. The molecule has 0 aromatic carbocycles. The lowest BCUT2D eigenvalue weighted by molar-refractivity contribution is -0.211. The molecule has 1 aliphatic rings. The summed E-state index contributed by atoms with van der Waals surface area (Å²) in [5, 5.41) is 29.0. The van der Waals surface area contributed by atoms with Crippen LogP contribution in [0.4, 0.5) is 0 Å².